The molecule has 134 valence electrons. The number of azo groups is 1. The molecule has 1 aromatic carbocycles. The zero-order valence-electron chi connectivity index (χ0n) is 15.1. The minimum Gasteiger partial charge on any atom is -0.438 e. The van der Waals surface area contributed by atoms with Crippen LogP contribution in [0.25, 0.3) is 16.5 Å². The number of carbonyl (C=O) groups is 1. The van der Waals surface area contributed by atoms with Crippen LogP contribution in [0.15, 0.2) is 63.1 Å². The number of pyridine rings is 1. The lowest BCUT2D eigenvalue weighted by Gasteiger charge is -2.16. The molecule has 0 N–H and O–H groups in total. The van der Waals surface area contributed by atoms with Gasteiger partial charge in [-0.3, -0.25) is 4.79 Å². The summed E-state index contributed by atoms with van der Waals surface area (Å²) in [7, 11) is 0. The largest absolute Gasteiger partial charge is 0.438 e. The van der Waals surface area contributed by atoms with Crippen LogP contribution in [-0.2, 0) is 4.79 Å². The Bertz CT molecular complexity index is 1170. The lowest BCUT2D eigenvalue weighted by molar-refractivity contribution is -0.114. The first-order valence-corrected chi connectivity index (χ1v) is 8.32. The molecular weight excluding hydrogens is 344 g/mol. The monoisotopic (exact) mass is 360 g/mol. The summed E-state index contributed by atoms with van der Waals surface area (Å²) in [5.41, 5.74) is 4.81. The van der Waals surface area contributed by atoms with Crippen LogP contribution in [-0.4, -0.2) is 16.0 Å². The van der Waals surface area contributed by atoms with Gasteiger partial charge in [-0.25, -0.2) is 4.98 Å². The van der Waals surface area contributed by atoms with Crippen molar-refractivity contribution in [3.05, 3.63) is 65.1 Å². The molecule has 0 radical (unpaired) electrons. The second kappa shape index (κ2) is 6.28. The summed E-state index contributed by atoms with van der Waals surface area (Å²) in [6.45, 7) is 9.40. The van der Waals surface area contributed by atoms with Gasteiger partial charge in [-0.15, -0.1) is 10.2 Å². The molecule has 1 amide bonds. The van der Waals surface area contributed by atoms with Gasteiger partial charge in [0.25, 0.3) is 5.91 Å². The minimum atomic E-state index is -0.351. The molecule has 3 heterocycles. The van der Waals surface area contributed by atoms with E-state index in [2.05, 4.69) is 26.9 Å². The smallest absolute Gasteiger partial charge is 0.291 e. The van der Waals surface area contributed by atoms with Crippen molar-refractivity contribution in [1.82, 2.24) is 10.1 Å². The first kappa shape index (κ1) is 16.8. The Morgan fingerprint density at radius 3 is 2.70 bits per heavy atom. The molecule has 2 aromatic heterocycles. The van der Waals surface area contributed by atoms with Crippen LogP contribution < -0.4 is 4.74 Å². The Hall–Kier alpha value is -3.61. The fraction of sp³-hybridized carbons (Fsp3) is 0.150. The molecule has 3 aromatic rings. The molecule has 7 heteroatoms. The van der Waals surface area contributed by atoms with Gasteiger partial charge >= 0.3 is 0 Å². The number of aryl methyl sites for hydroxylation is 2. The average Bonchev–Trinajstić information content (AvgIpc) is 3.02. The van der Waals surface area contributed by atoms with Crippen molar-refractivity contribution < 1.29 is 14.1 Å². The lowest BCUT2D eigenvalue weighted by Crippen LogP contribution is -2.06. The van der Waals surface area contributed by atoms with Crippen molar-refractivity contribution in [1.29, 1.82) is 0 Å². The Morgan fingerprint density at radius 1 is 1.11 bits per heavy atom. The van der Waals surface area contributed by atoms with E-state index in [0.29, 0.717) is 39.7 Å². The fourth-order valence-corrected chi connectivity index (χ4v) is 3.08. The summed E-state index contributed by atoms with van der Waals surface area (Å²) < 4.78 is 11.2. The molecule has 1 aliphatic rings. The summed E-state index contributed by atoms with van der Waals surface area (Å²) in [4.78, 5) is 16.2. The van der Waals surface area contributed by atoms with Crippen LogP contribution in [0.4, 0.5) is 0 Å². The molecule has 0 atom stereocenters. The number of rotatable bonds is 3. The topological polar surface area (TPSA) is 89.9 Å². The maximum Gasteiger partial charge on any atom is 0.291 e. The van der Waals surface area contributed by atoms with Gasteiger partial charge in [0.1, 0.15) is 11.1 Å². The van der Waals surface area contributed by atoms with Gasteiger partial charge in [-0.2, -0.15) is 0 Å². The third kappa shape index (κ3) is 2.83. The van der Waals surface area contributed by atoms with Crippen molar-refractivity contribution in [2.24, 2.45) is 10.2 Å². The van der Waals surface area contributed by atoms with Gasteiger partial charge in [-0.1, -0.05) is 17.8 Å². The Labute approximate surface area is 155 Å². The summed E-state index contributed by atoms with van der Waals surface area (Å²) in [5.74, 6) is 0.695. The highest BCUT2D eigenvalue weighted by molar-refractivity contribution is 6.05. The highest BCUT2D eigenvalue weighted by atomic mass is 16.5. The number of allylic oxidation sites excluding steroid dienone is 1. The molecule has 0 aliphatic carbocycles. The van der Waals surface area contributed by atoms with Crippen LogP contribution in [0.3, 0.4) is 0 Å². The highest BCUT2D eigenvalue weighted by Gasteiger charge is 2.21. The molecule has 0 saturated carbocycles. The van der Waals surface area contributed by atoms with Crippen molar-refractivity contribution >= 4 is 22.4 Å². The third-order valence-corrected chi connectivity index (χ3v) is 4.45. The third-order valence-electron chi connectivity index (χ3n) is 4.45. The number of carbonyl (C=O) groups excluding carboxylic acids is 1. The highest BCUT2D eigenvalue weighted by Crippen LogP contribution is 2.35. The number of nitrogens with zero attached hydrogens (tertiary/aromatic N) is 4. The number of ether oxygens (including phenoxy) is 1. The normalized spacial score (nSPS) is 14.3. The van der Waals surface area contributed by atoms with E-state index in [9.17, 15) is 4.79 Å². The van der Waals surface area contributed by atoms with E-state index in [4.69, 9.17) is 9.26 Å². The van der Waals surface area contributed by atoms with E-state index in [-0.39, 0.29) is 5.91 Å². The maximum absolute atomic E-state index is 11.9. The number of benzene rings is 1. The van der Waals surface area contributed by atoms with Crippen LogP contribution in [0.2, 0.25) is 0 Å². The van der Waals surface area contributed by atoms with Gasteiger partial charge in [-0.05, 0) is 44.0 Å². The van der Waals surface area contributed by atoms with Gasteiger partial charge < -0.3 is 9.26 Å². The first-order chi connectivity index (χ1) is 13.0. The molecule has 27 heavy (non-hydrogen) atoms. The van der Waals surface area contributed by atoms with Crippen LogP contribution in [0.5, 0.6) is 11.6 Å². The molecule has 0 bridgehead atoms. The maximum atomic E-state index is 11.9. The van der Waals surface area contributed by atoms with E-state index in [1.165, 1.54) is 0 Å². The zero-order valence-corrected chi connectivity index (χ0v) is 15.1. The summed E-state index contributed by atoms with van der Waals surface area (Å²) in [6.07, 6.45) is 1.61. The van der Waals surface area contributed by atoms with Crippen molar-refractivity contribution in [3.8, 4) is 11.6 Å². The van der Waals surface area contributed by atoms with E-state index in [0.717, 1.165) is 16.5 Å². The van der Waals surface area contributed by atoms with Crippen molar-refractivity contribution in [3.63, 3.8) is 0 Å². The molecule has 0 spiro atoms. The molecule has 0 saturated heterocycles. The number of fused-ring (bicyclic) bond motifs is 1. The van der Waals surface area contributed by atoms with Crippen molar-refractivity contribution in [2.45, 2.75) is 20.8 Å². The van der Waals surface area contributed by atoms with Crippen LogP contribution in [0, 0.1) is 13.8 Å². The lowest BCUT2D eigenvalue weighted by atomic mass is 9.93. The van der Waals surface area contributed by atoms with Crippen LogP contribution >= 0.6 is 0 Å². The first-order valence-electron chi connectivity index (χ1n) is 8.32. The number of aromatic nitrogens is 2. The zero-order chi connectivity index (χ0) is 19.1. The number of hydrogen-bond donors (Lipinski definition) is 0. The molecular formula is C20H16N4O3. The number of hydrogen-bond acceptors (Lipinski definition) is 6. The van der Waals surface area contributed by atoms with E-state index < -0.39 is 0 Å². The summed E-state index contributed by atoms with van der Waals surface area (Å²) >= 11 is 0. The van der Waals surface area contributed by atoms with Gasteiger partial charge in [0.2, 0.25) is 5.88 Å². The predicted molar refractivity (Wildman–Crippen MR) is 99.4 cm³/mol. The Kier molecular flexibility index (Phi) is 3.92. The van der Waals surface area contributed by atoms with E-state index in [1.807, 2.05) is 32.0 Å². The molecule has 0 unspecified atom stereocenters. The fourth-order valence-electron chi connectivity index (χ4n) is 3.08. The Morgan fingerprint density at radius 2 is 1.93 bits per heavy atom. The van der Waals surface area contributed by atoms with Gasteiger partial charge in [0.05, 0.1) is 11.4 Å². The Balaban J connectivity index is 1.72. The van der Waals surface area contributed by atoms with Gasteiger partial charge in [0, 0.05) is 23.4 Å². The predicted octanol–water partition coefficient (Wildman–Crippen LogP) is 4.91. The number of amides is 1. The quantitative estimate of drug-likeness (QED) is 0.662. The average molecular weight is 360 g/mol. The van der Waals surface area contributed by atoms with E-state index in [1.54, 1.807) is 19.2 Å². The standard InChI is InChI=1S/C20H16N4O3/c1-10-9-14(26-20-18-13(4)24-27-16(18)7-8-21-20)5-6-15(10)17-11(2)19(25)23-22-12(17)3/h5-9H,3H2,1-2,4H3. The molecule has 1 aliphatic heterocycles. The molecule has 4 rings (SSSR count). The summed E-state index contributed by atoms with van der Waals surface area (Å²) in [5, 5.41) is 12.1. The van der Waals surface area contributed by atoms with E-state index >= 15 is 0 Å². The molecule has 0 fully saturated rings. The minimum absolute atomic E-state index is 0.351. The SMILES string of the molecule is C=C1N=NC(=O)C(C)=C1c1ccc(Oc2nccc3onc(C)c23)cc1C. The molecule has 7 nitrogen and oxygen atoms in total. The van der Waals surface area contributed by atoms with Crippen molar-refractivity contribution in [2.75, 3.05) is 0 Å². The van der Waals surface area contributed by atoms with Crippen LogP contribution in [0.1, 0.15) is 23.7 Å². The second-order valence-electron chi connectivity index (χ2n) is 6.29. The van der Waals surface area contributed by atoms with Gasteiger partial charge in [0.15, 0.2) is 5.58 Å². The second-order valence-corrected chi connectivity index (χ2v) is 6.29. The summed E-state index contributed by atoms with van der Waals surface area (Å²) in [6, 6.07) is 7.31.